The lowest BCUT2D eigenvalue weighted by molar-refractivity contribution is -0.132. The van der Waals surface area contributed by atoms with Gasteiger partial charge < -0.3 is 15.5 Å². The Labute approximate surface area is 93.0 Å². The molecular formula is C9H15N3O2S. The van der Waals surface area contributed by atoms with Gasteiger partial charge in [-0.3, -0.25) is 9.59 Å². The molecule has 0 radical (unpaired) electrons. The number of thioether (sulfide) groups is 1. The summed E-state index contributed by atoms with van der Waals surface area (Å²) in [6, 6.07) is -0.305. The summed E-state index contributed by atoms with van der Waals surface area (Å²) in [4.78, 5) is 24.8. The Kier molecular flexibility index (Phi) is 3.48. The smallest absolute Gasteiger partial charge is 0.279 e. The van der Waals surface area contributed by atoms with Crippen LogP contribution in [0.25, 0.3) is 0 Å². The Morgan fingerprint density at radius 2 is 2.27 bits per heavy atom. The van der Waals surface area contributed by atoms with E-state index >= 15 is 0 Å². The molecule has 2 N–H and O–H groups in total. The van der Waals surface area contributed by atoms with Gasteiger partial charge in [-0.15, -0.1) is 0 Å². The van der Waals surface area contributed by atoms with Gasteiger partial charge in [-0.25, -0.2) is 0 Å². The third-order valence-corrected chi connectivity index (χ3v) is 3.50. The van der Waals surface area contributed by atoms with Gasteiger partial charge in [0.25, 0.3) is 5.24 Å². The number of nitrogens with zero attached hydrogens (tertiary/aromatic N) is 1. The molecule has 84 valence electrons. The summed E-state index contributed by atoms with van der Waals surface area (Å²) in [7, 11) is 0. The van der Waals surface area contributed by atoms with Crippen molar-refractivity contribution in [3.05, 3.63) is 0 Å². The number of amides is 2. The van der Waals surface area contributed by atoms with Gasteiger partial charge in [0.15, 0.2) is 0 Å². The van der Waals surface area contributed by atoms with E-state index in [1.807, 2.05) is 4.90 Å². The number of hydrogen-bond donors (Lipinski definition) is 2. The maximum atomic E-state index is 12.0. The quantitative estimate of drug-likeness (QED) is 0.644. The summed E-state index contributed by atoms with van der Waals surface area (Å²) in [5, 5.41) is 5.85. The standard InChI is InChI=1S/C9H15N3O2S/c13-8(7-6-15-9(14)11-7)12-4-1-2-10-3-5-12/h7,10H,1-6H2,(H,11,14)/t7-/m0/s1. The first-order chi connectivity index (χ1) is 7.27. The van der Waals surface area contributed by atoms with Crippen molar-refractivity contribution >= 4 is 22.9 Å². The van der Waals surface area contributed by atoms with Gasteiger partial charge in [0.2, 0.25) is 5.91 Å². The van der Waals surface area contributed by atoms with Crippen LogP contribution in [-0.4, -0.2) is 54.0 Å². The number of hydrogen-bond acceptors (Lipinski definition) is 4. The molecule has 2 heterocycles. The van der Waals surface area contributed by atoms with Crippen molar-refractivity contribution < 1.29 is 9.59 Å². The first kappa shape index (κ1) is 10.8. The number of rotatable bonds is 1. The van der Waals surface area contributed by atoms with Gasteiger partial charge in [0.1, 0.15) is 6.04 Å². The summed E-state index contributed by atoms with van der Waals surface area (Å²) < 4.78 is 0. The molecule has 0 aromatic carbocycles. The molecule has 0 spiro atoms. The van der Waals surface area contributed by atoms with Crippen molar-refractivity contribution in [1.29, 1.82) is 0 Å². The van der Waals surface area contributed by atoms with Crippen molar-refractivity contribution in [2.75, 3.05) is 31.9 Å². The topological polar surface area (TPSA) is 61.4 Å². The highest BCUT2D eigenvalue weighted by Gasteiger charge is 2.31. The van der Waals surface area contributed by atoms with Crippen LogP contribution >= 0.6 is 11.8 Å². The molecular weight excluding hydrogens is 214 g/mol. The van der Waals surface area contributed by atoms with Gasteiger partial charge in [-0.05, 0) is 13.0 Å². The predicted octanol–water partition coefficient (Wildman–Crippen LogP) is -0.367. The molecule has 2 aliphatic rings. The molecule has 2 rings (SSSR count). The molecule has 2 fully saturated rings. The van der Waals surface area contributed by atoms with Gasteiger partial charge in [-0.2, -0.15) is 0 Å². The fourth-order valence-corrected chi connectivity index (χ4v) is 2.57. The zero-order chi connectivity index (χ0) is 10.7. The zero-order valence-corrected chi connectivity index (χ0v) is 9.31. The maximum Gasteiger partial charge on any atom is 0.279 e. The second kappa shape index (κ2) is 4.85. The van der Waals surface area contributed by atoms with E-state index in [2.05, 4.69) is 10.6 Å². The molecule has 0 unspecified atom stereocenters. The van der Waals surface area contributed by atoms with E-state index in [1.165, 1.54) is 11.8 Å². The van der Waals surface area contributed by atoms with Crippen molar-refractivity contribution in [2.45, 2.75) is 12.5 Å². The van der Waals surface area contributed by atoms with Crippen LogP contribution in [0.15, 0.2) is 0 Å². The van der Waals surface area contributed by atoms with Gasteiger partial charge >= 0.3 is 0 Å². The molecule has 0 saturated carbocycles. The monoisotopic (exact) mass is 229 g/mol. The largest absolute Gasteiger partial charge is 0.340 e. The van der Waals surface area contributed by atoms with Crippen molar-refractivity contribution in [1.82, 2.24) is 15.5 Å². The summed E-state index contributed by atoms with van der Waals surface area (Å²) in [6.07, 6.45) is 0.986. The Balaban J connectivity index is 1.91. The van der Waals surface area contributed by atoms with Gasteiger partial charge in [0.05, 0.1) is 0 Å². The minimum Gasteiger partial charge on any atom is -0.340 e. The molecule has 1 atom stereocenters. The first-order valence-corrected chi connectivity index (χ1v) is 6.19. The van der Waals surface area contributed by atoms with Crippen molar-refractivity contribution in [2.24, 2.45) is 0 Å². The Morgan fingerprint density at radius 3 is 3.00 bits per heavy atom. The predicted molar refractivity (Wildman–Crippen MR) is 58.8 cm³/mol. The fraction of sp³-hybridized carbons (Fsp3) is 0.778. The second-order valence-corrected chi connectivity index (χ2v) is 4.72. The zero-order valence-electron chi connectivity index (χ0n) is 8.49. The van der Waals surface area contributed by atoms with Crippen molar-refractivity contribution in [3.8, 4) is 0 Å². The highest BCUT2D eigenvalue weighted by Crippen LogP contribution is 2.15. The molecule has 2 saturated heterocycles. The number of nitrogens with one attached hydrogen (secondary N) is 2. The first-order valence-electron chi connectivity index (χ1n) is 5.20. The minimum absolute atomic E-state index is 0.0667. The molecule has 6 heteroatoms. The van der Waals surface area contributed by atoms with Crippen LogP contribution < -0.4 is 10.6 Å². The van der Waals surface area contributed by atoms with E-state index in [-0.39, 0.29) is 17.2 Å². The lowest BCUT2D eigenvalue weighted by atomic mass is 10.2. The lowest BCUT2D eigenvalue weighted by Gasteiger charge is -2.22. The van der Waals surface area contributed by atoms with Crippen LogP contribution in [0.1, 0.15) is 6.42 Å². The van der Waals surface area contributed by atoms with Crippen LogP contribution in [0.5, 0.6) is 0 Å². The second-order valence-electron chi connectivity index (χ2n) is 3.72. The van der Waals surface area contributed by atoms with Crippen LogP contribution in [-0.2, 0) is 4.79 Å². The molecule has 15 heavy (non-hydrogen) atoms. The van der Waals surface area contributed by atoms with Crippen LogP contribution in [0.3, 0.4) is 0 Å². The third kappa shape index (κ3) is 2.63. The third-order valence-electron chi connectivity index (χ3n) is 2.62. The van der Waals surface area contributed by atoms with Crippen LogP contribution in [0.4, 0.5) is 4.79 Å². The maximum absolute atomic E-state index is 12.0. The van der Waals surface area contributed by atoms with E-state index in [1.54, 1.807) is 0 Å². The molecule has 0 aromatic rings. The summed E-state index contributed by atoms with van der Waals surface area (Å²) in [6.45, 7) is 3.36. The fourth-order valence-electron chi connectivity index (χ4n) is 1.80. The average Bonchev–Trinajstić information content (AvgIpc) is 2.53. The summed E-state index contributed by atoms with van der Waals surface area (Å²) >= 11 is 1.19. The van der Waals surface area contributed by atoms with Crippen LogP contribution in [0.2, 0.25) is 0 Å². The number of carbonyl (C=O) groups excluding carboxylic acids is 2. The highest BCUT2D eigenvalue weighted by atomic mass is 32.2. The Hall–Kier alpha value is -0.750. The van der Waals surface area contributed by atoms with Gasteiger partial charge in [-0.1, -0.05) is 11.8 Å². The van der Waals surface area contributed by atoms with E-state index in [0.29, 0.717) is 5.75 Å². The molecule has 2 aliphatic heterocycles. The molecule has 2 amide bonds. The summed E-state index contributed by atoms with van der Waals surface area (Å²) in [5.74, 6) is 0.638. The van der Waals surface area contributed by atoms with E-state index in [4.69, 9.17) is 0 Å². The molecule has 0 bridgehead atoms. The van der Waals surface area contributed by atoms with Crippen LogP contribution in [0, 0.1) is 0 Å². The van der Waals surface area contributed by atoms with E-state index in [9.17, 15) is 9.59 Å². The highest BCUT2D eigenvalue weighted by molar-refractivity contribution is 8.14. The number of carbonyl (C=O) groups is 2. The van der Waals surface area contributed by atoms with E-state index in [0.717, 1.165) is 32.6 Å². The minimum atomic E-state index is -0.305. The SMILES string of the molecule is O=C1N[C@H](C(=O)N2CCCNCC2)CS1. The molecule has 0 aliphatic carbocycles. The Morgan fingerprint density at radius 1 is 1.40 bits per heavy atom. The average molecular weight is 229 g/mol. The summed E-state index contributed by atoms with van der Waals surface area (Å²) in [5.41, 5.74) is 0. The van der Waals surface area contributed by atoms with Crippen molar-refractivity contribution in [3.63, 3.8) is 0 Å². The van der Waals surface area contributed by atoms with E-state index < -0.39 is 0 Å². The Bertz CT molecular complexity index is 264. The lowest BCUT2D eigenvalue weighted by Crippen LogP contribution is -2.46. The van der Waals surface area contributed by atoms with Gasteiger partial charge in [0, 0.05) is 25.4 Å². The normalized spacial score (nSPS) is 27.3. The molecule has 5 nitrogen and oxygen atoms in total. The molecule has 0 aromatic heterocycles.